The van der Waals surface area contributed by atoms with Crippen LogP contribution in [0.3, 0.4) is 0 Å². The highest BCUT2D eigenvalue weighted by atomic mass is 16.5. The van der Waals surface area contributed by atoms with Crippen molar-refractivity contribution in [2.24, 2.45) is 0 Å². The van der Waals surface area contributed by atoms with Crippen molar-refractivity contribution in [2.75, 3.05) is 26.9 Å². The van der Waals surface area contributed by atoms with E-state index in [1.165, 1.54) is 6.42 Å². The van der Waals surface area contributed by atoms with E-state index in [2.05, 4.69) is 16.0 Å². The second-order valence-corrected chi connectivity index (χ2v) is 6.81. The van der Waals surface area contributed by atoms with Gasteiger partial charge < -0.3 is 30.5 Å². The standard InChI is InChI=1S/C18H31N3O5/c1-25-10-9-19-17(23)11-14-7-8-15(16(12-22)26-14)21-18(24)20-13-5-3-2-4-6-13/h7-8,13-16,22H,2-6,9-12H2,1H3,(H,19,23)(H2,20,21,24)/t14-,15+,16+/m1/s1. The number of urea groups is 1. The van der Waals surface area contributed by atoms with E-state index in [1.54, 1.807) is 19.3 Å². The summed E-state index contributed by atoms with van der Waals surface area (Å²) in [6.45, 7) is 0.662. The summed E-state index contributed by atoms with van der Waals surface area (Å²) >= 11 is 0. The van der Waals surface area contributed by atoms with E-state index in [-0.39, 0.29) is 31.0 Å². The molecule has 1 heterocycles. The lowest BCUT2D eigenvalue weighted by molar-refractivity contribution is -0.125. The number of ether oxygens (including phenoxy) is 2. The molecule has 0 aromatic heterocycles. The molecule has 1 aliphatic heterocycles. The van der Waals surface area contributed by atoms with Crippen LogP contribution in [0.5, 0.6) is 0 Å². The van der Waals surface area contributed by atoms with E-state index in [1.807, 2.05) is 0 Å². The minimum Gasteiger partial charge on any atom is -0.394 e. The first-order chi connectivity index (χ1) is 12.6. The Balaban J connectivity index is 1.78. The molecule has 0 spiro atoms. The third-order valence-corrected chi connectivity index (χ3v) is 4.72. The van der Waals surface area contributed by atoms with Gasteiger partial charge in [0.15, 0.2) is 0 Å². The smallest absolute Gasteiger partial charge is 0.315 e. The summed E-state index contributed by atoms with van der Waals surface area (Å²) in [5.74, 6) is -0.144. The van der Waals surface area contributed by atoms with Crippen LogP contribution in [-0.4, -0.2) is 68.2 Å². The predicted octanol–water partition coefficient (Wildman–Crippen LogP) is 0.456. The van der Waals surface area contributed by atoms with Gasteiger partial charge in [-0.25, -0.2) is 4.79 Å². The van der Waals surface area contributed by atoms with Crippen LogP contribution in [-0.2, 0) is 14.3 Å². The zero-order chi connectivity index (χ0) is 18.8. The molecule has 2 aliphatic rings. The Morgan fingerprint density at radius 1 is 1.19 bits per heavy atom. The minimum atomic E-state index is -0.575. The molecule has 0 bridgehead atoms. The van der Waals surface area contributed by atoms with Crippen molar-refractivity contribution in [2.45, 2.75) is 62.8 Å². The highest BCUT2D eigenvalue weighted by Crippen LogP contribution is 2.18. The number of carbonyl (C=O) groups is 2. The number of methoxy groups -OCH3 is 1. The average Bonchev–Trinajstić information content (AvgIpc) is 2.64. The Hall–Kier alpha value is -1.64. The number of amides is 3. The fraction of sp³-hybridized carbons (Fsp3) is 0.778. The zero-order valence-corrected chi connectivity index (χ0v) is 15.4. The SMILES string of the molecule is COCCNC(=O)C[C@H]1C=C[C@H](NC(=O)NC2CCCCC2)[C@H](CO)O1. The molecule has 0 aromatic rings. The molecule has 8 heteroatoms. The predicted molar refractivity (Wildman–Crippen MR) is 96.7 cm³/mol. The summed E-state index contributed by atoms with van der Waals surface area (Å²) in [5, 5.41) is 18.1. The van der Waals surface area contributed by atoms with Crippen molar-refractivity contribution in [3.8, 4) is 0 Å². The number of carbonyl (C=O) groups excluding carboxylic acids is 2. The molecule has 0 aromatic carbocycles. The molecule has 4 N–H and O–H groups in total. The van der Waals surface area contributed by atoms with Crippen molar-refractivity contribution in [3.63, 3.8) is 0 Å². The van der Waals surface area contributed by atoms with Gasteiger partial charge >= 0.3 is 6.03 Å². The van der Waals surface area contributed by atoms with Crippen LogP contribution >= 0.6 is 0 Å². The topological polar surface area (TPSA) is 109 Å². The van der Waals surface area contributed by atoms with Gasteiger partial charge in [-0.2, -0.15) is 0 Å². The number of rotatable bonds is 8. The fourth-order valence-electron chi connectivity index (χ4n) is 3.31. The van der Waals surface area contributed by atoms with Gasteiger partial charge in [0.2, 0.25) is 5.91 Å². The van der Waals surface area contributed by atoms with Crippen LogP contribution in [0.2, 0.25) is 0 Å². The third kappa shape index (κ3) is 6.93. The summed E-state index contributed by atoms with van der Waals surface area (Å²) in [6, 6.07) is -0.450. The summed E-state index contributed by atoms with van der Waals surface area (Å²) in [5.41, 5.74) is 0. The van der Waals surface area contributed by atoms with Crippen LogP contribution < -0.4 is 16.0 Å². The quantitative estimate of drug-likeness (QED) is 0.367. The lowest BCUT2D eigenvalue weighted by Gasteiger charge is -2.32. The second kappa shape index (κ2) is 11.2. The van der Waals surface area contributed by atoms with Gasteiger partial charge in [-0.15, -0.1) is 0 Å². The molecule has 1 saturated carbocycles. The van der Waals surface area contributed by atoms with E-state index in [0.717, 1.165) is 25.7 Å². The van der Waals surface area contributed by atoms with Crippen molar-refractivity contribution < 1.29 is 24.2 Å². The zero-order valence-electron chi connectivity index (χ0n) is 15.4. The van der Waals surface area contributed by atoms with E-state index >= 15 is 0 Å². The lowest BCUT2D eigenvalue weighted by atomic mass is 9.96. The van der Waals surface area contributed by atoms with E-state index in [4.69, 9.17) is 9.47 Å². The summed E-state index contributed by atoms with van der Waals surface area (Å²) in [6.07, 6.45) is 8.25. The average molecular weight is 369 g/mol. The number of nitrogens with one attached hydrogen (secondary N) is 3. The third-order valence-electron chi connectivity index (χ3n) is 4.72. The maximum Gasteiger partial charge on any atom is 0.315 e. The van der Waals surface area contributed by atoms with Crippen LogP contribution in [0.4, 0.5) is 4.79 Å². The number of hydrogen-bond donors (Lipinski definition) is 4. The second-order valence-electron chi connectivity index (χ2n) is 6.81. The first kappa shape index (κ1) is 20.7. The maximum atomic E-state index is 12.2. The van der Waals surface area contributed by atoms with Gasteiger partial charge in [-0.1, -0.05) is 31.4 Å². The van der Waals surface area contributed by atoms with E-state index in [0.29, 0.717) is 13.2 Å². The number of hydrogen-bond acceptors (Lipinski definition) is 5. The monoisotopic (exact) mass is 369 g/mol. The van der Waals surface area contributed by atoms with Crippen LogP contribution in [0, 0.1) is 0 Å². The highest BCUT2D eigenvalue weighted by Gasteiger charge is 2.29. The van der Waals surface area contributed by atoms with Gasteiger partial charge in [0.25, 0.3) is 0 Å². The molecule has 3 atom stereocenters. The Labute approximate surface area is 154 Å². The molecule has 3 amide bonds. The van der Waals surface area contributed by atoms with E-state index < -0.39 is 18.2 Å². The van der Waals surface area contributed by atoms with Gasteiger partial charge in [-0.3, -0.25) is 4.79 Å². The van der Waals surface area contributed by atoms with Crippen molar-refractivity contribution in [1.29, 1.82) is 0 Å². The van der Waals surface area contributed by atoms with Crippen LogP contribution in [0.15, 0.2) is 12.2 Å². The largest absolute Gasteiger partial charge is 0.394 e. The van der Waals surface area contributed by atoms with Crippen LogP contribution in [0.1, 0.15) is 38.5 Å². The summed E-state index contributed by atoms with van der Waals surface area (Å²) < 4.78 is 10.6. The Kier molecular flexibility index (Phi) is 8.87. The molecule has 0 unspecified atom stereocenters. The first-order valence-electron chi connectivity index (χ1n) is 9.39. The number of aliphatic hydroxyl groups excluding tert-OH is 1. The lowest BCUT2D eigenvalue weighted by Crippen LogP contribution is -2.53. The highest BCUT2D eigenvalue weighted by molar-refractivity contribution is 5.77. The maximum absolute atomic E-state index is 12.2. The Bertz CT molecular complexity index is 479. The first-order valence-corrected chi connectivity index (χ1v) is 9.39. The van der Waals surface area contributed by atoms with Gasteiger partial charge in [-0.05, 0) is 12.8 Å². The van der Waals surface area contributed by atoms with Crippen molar-refractivity contribution >= 4 is 11.9 Å². The molecular formula is C18H31N3O5. The molecule has 0 radical (unpaired) electrons. The summed E-state index contributed by atoms with van der Waals surface area (Å²) in [7, 11) is 1.57. The van der Waals surface area contributed by atoms with Crippen molar-refractivity contribution in [3.05, 3.63) is 12.2 Å². The minimum absolute atomic E-state index is 0.144. The summed E-state index contributed by atoms with van der Waals surface area (Å²) in [4.78, 5) is 24.0. The van der Waals surface area contributed by atoms with Gasteiger partial charge in [0.05, 0.1) is 31.8 Å². The molecular weight excluding hydrogens is 338 g/mol. The number of aliphatic hydroxyl groups is 1. The van der Waals surface area contributed by atoms with Crippen molar-refractivity contribution in [1.82, 2.24) is 16.0 Å². The normalized spacial score (nSPS) is 26.3. The molecule has 1 aliphatic carbocycles. The van der Waals surface area contributed by atoms with Gasteiger partial charge in [0.1, 0.15) is 6.10 Å². The molecule has 148 valence electrons. The van der Waals surface area contributed by atoms with Gasteiger partial charge in [0, 0.05) is 19.7 Å². The molecule has 2 rings (SSSR count). The van der Waals surface area contributed by atoms with E-state index in [9.17, 15) is 14.7 Å². The Morgan fingerprint density at radius 2 is 1.96 bits per heavy atom. The fourth-order valence-corrected chi connectivity index (χ4v) is 3.31. The molecule has 8 nitrogen and oxygen atoms in total. The molecule has 26 heavy (non-hydrogen) atoms. The Morgan fingerprint density at radius 3 is 2.65 bits per heavy atom. The molecule has 1 fully saturated rings. The van der Waals surface area contributed by atoms with Crippen LogP contribution in [0.25, 0.3) is 0 Å². The molecule has 0 saturated heterocycles.